The zero-order valence-corrected chi connectivity index (χ0v) is 18.7. The Balaban J connectivity index is 1.62. The molecule has 0 saturated carbocycles. The van der Waals surface area contributed by atoms with Crippen LogP contribution in [0.4, 0.5) is 5.69 Å². The lowest BCUT2D eigenvalue weighted by Gasteiger charge is -2.15. The molecule has 2 aromatic carbocycles. The predicted octanol–water partition coefficient (Wildman–Crippen LogP) is 5.30. The van der Waals surface area contributed by atoms with E-state index in [-0.39, 0.29) is 24.8 Å². The van der Waals surface area contributed by atoms with Gasteiger partial charge in [-0.1, -0.05) is 69.7 Å². The van der Waals surface area contributed by atoms with Gasteiger partial charge in [0.05, 0.1) is 4.91 Å². The normalized spacial score (nSPS) is 15.4. The summed E-state index contributed by atoms with van der Waals surface area (Å²) in [5.41, 5.74) is 3.86. The van der Waals surface area contributed by atoms with Crippen molar-refractivity contribution in [3.05, 3.63) is 68.5 Å². The summed E-state index contributed by atoms with van der Waals surface area (Å²) in [6.07, 6.45) is 2.00. The van der Waals surface area contributed by atoms with Crippen LogP contribution >= 0.6 is 39.9 Å². The average Bonchev–Trinajstić information content (AvgIpc) is 2.89. The summed E-state index contributed by atoms with van der Waals surface area (Å²) >= 11 is 10.0. The first-order valence-corrected chi connectivity index (χ1v) is 10.7. The number of rotatable bonds is 5. The van der Waals surface area contributed by atoms with Crippen LogP contribution in [0, 0.1) is 13.8 Å². The number of nitrogens with one attached hydrogen (secondary N) is 1. The minimum atomic E-state index is -0.158. The maximum Gasteiger partial charge on any atom is 0.266 e. The second-order valence-electron chi connectivity index (χ2n) is 6.50. The number of anilines is 1. The quantitative estimate of drug-likeness (QED) is 0.471. The number of amides is 2. The summed E-state index contributed by atoms with van der Waals surface area (Å²) in [5.74, 6) is -0.300. The van der Waals surface area contributed by atoms with Gasteiger partial charge in [-0.15, -0.1) is 0 Å². The van der Waals surface area contributed by atoms with Gasteiger partial charge in [0.1, 0.15) is 4.32 Å². The number of aryl methyl sites for hydroxylation is 2. The average molecular weight is 475 g/mol. The van der Waals surface area contributed by atoms with Gasteiger partial charge in [0.25, 0.3) is 5.91 Å². The van der Waals surface area contributed by atoms with Gasteiger partial charge in [-0.05, 0) is 49.2 Å². The third kappa shape index (κ3) is 5.10. The predicted molar refractivity (Wildman–Crippen MR) is 123 cm³/mol. The van der Waals surface area contributed by atoms with Crippen molar-refractivity contribution in [3.63, 3.8) is 0 Å². The molecule has 0 aliphatic carbocycles. The van der Waals surface area contributed by atoms with E-state index in [9.17, 15) is 9.59 Å². The van der Waals surface area contributed by atoms with E-state index in [1.165, 1.54) is 16.7 Å². The lowest BCUT2D eigenvalue weighted by atomic mass is 10.1. The van der Waals surface area contributed by atoms with Crippen LogP contribution in [0.2, 0.25) is 0 Å². The number of carbonyl (C=O) groups excluding carboxylic acids is 2. The van der Waals surface area contributed by atoms with Crippen molar-refractivity contribution >= 4 is 67.8 Å². The highest BCUT2D eigenvalue weighted by Gasteiger charge is 2.32. The van der Waals surface area contributed by atoms with Crippen LogP contribution in [-0.4, -0.2) is 27.6 Å². The minimum Gasteiger partial charge on any atom is -0.326 e. The molecule has 2 amide bonds. The summed E-state index contributed by atoms with van der Waals surface area (Å²) in [5, 5.41) is 2.90. The Bertz CT molecular complexity index is 988. The molecular formula is C21H19BrN2O2S2. The SMILES string of the molecule is Cc1ccc(NC(=O)CCN2C(=O)C(=Cc3cccc(Br)c3)SC2=S)c(C)c1. The van der Waals surface area contributed by atoms with Gasteiger partial charge in [-0.2, -0.15) is 0 Å². The molecule has 144 valence electrons. The fraction of sp³-hybridized carbons (Fsp3) is 0.190. The number of benzene rings is 2. The molecule has 7 heteroatoms. The van der Waals surface area contributed by atoms with Gasteiger partial charge >= 0.3 is 0 Å². The number of carbonyl (C=O) groups is 2. The zero-order chi connectivity index (χ0) is 20.3. The highest BCUT2D eigenvalue weighted by molar-refractivity contribution is 9.10. The molecule has 3 rings (SSSR count). The monoisotopic (exact) mass is 474 g/mol. The number of thiocarbonyl (C=S) groups is 1. The van der Waals surface area contributed by atoms with Crippen molar-refractivity contribution < 1.29 is 9.59 Å². The molecule has 1 saturated heterocycles. The molecule has 2 aromatic rings. The van der Waals surface area contributed by atoms with Gasteiger partial charge in [-0.25, -0.2) is 0 Å². The Hall–Kier alpha value is -1.96. The molecule has 0 aromatic heterocycles. The van der Waals surface area contributed by atoms with E-state index in [1.54, 1.807) is 0 Å². The number of halogens is 1. The van der Waals surface area contributed by atoms with Crippen molar-refractivity contribution in [2.24, 2.45) is 0 Å². The maximum atomic E-state index is 12.7. The minimum absolute atomic E-state index is 0.142. The molecule has 0 radical (unpaired) electrons. The molecular weight excluding hydrogens is 456 g/mol. The van der Waals surface area contributed by atoms with E-state index in [0.29, 0.717) is 9.23 Å². The Morgan fingerprint density at radius 1 is 1.25 bits per heavy atom. The molecule has 28 heavy (non-hydrogen) atoms. The summed E-state index contributed by atoms with van der Waals surface area (Å²) in [6, 6.07) is 13.6. The molecule has 1 aliphatic rings. The maximum absolute atomic E-state index is 12.7. The fourth-order valence-electron chi connectivity index (χ4n) is 2.82. The van der Waals surface area contributed by atoms with Crippen LogP contribution in [0.15, 0.2) is 51.8 Å². The number of thioether (sulfide) groups is 1. The van der Waals surface area contributed by atoms with Crippen LogP contribution in [0.25, 0.3) is 6.08 Å². The smallest absolute Gasteiger partial charge is 0.266 e. The molecule has 1 fully saturated rings. The summed E-state index contributed by atoms with van der Waals surface area (Å²) in [6.45, 7) is 4.23. The largest absolute Gasteiger partial charge is 0.326 e. The third-order valence-electron chi connectivity index (χ3n) is 4.24. The van der Waals surface area contributed by atoms with Crippen molar-refractivity contribution in [2.75, 3.05) is 11.9 Å². The third-order valence-corrected chi connectivity index (χ3v) is 6.11. The highest BCUT2D eigenvalue weighted by Crippen LogP contribution is 2.33. The van der Waals surface area contributed by atoms with Crippen molar-refractivity contribution in [1.82, 2.24) is 4.90 Å². The van der Waals surface area contributed by atoms with E-state index >= 15 is 0 Å². The number of nitrogens with zero attached hydrogens (tertiary/aromatic N) is 1. The highest BCUT2D eigenvalue weighted by atomic mass is 79.9. The van der Waals surface area contributed by atoms with Gasteiger partial charge in [0.15, 0.2) is 0 Å². The van der Waals surface area contributed by atoms with Crippen molar-refractivity contribution in [3.8, 4) is 0 Å². The van der Waals surface area contributed by atoms with Gasteiger partial charge < -0.3 is 5.32 Å². The summed E-state index contributed by atoms with van der Waals surface area (Å²) < 4.78 is 1.42. The van der Waals surface area contributed by atoms with E-state index in [0.717, 1.165) is 26.9 Å². The zero-order valence-electron chi connectivity index (χ0n) is 15.5. The summed E-state index contributed by atoms with van der Waals surface area (Å²) in [4.78, 5) is 27.0. The topological polar surface area (TPSA) is 49.4 Å². The fourth-order valence-corrected chi connectivity index (χ4v) is 4.55. The Kier molecular flexibility index (Phi) is 6.69. The molecule has 1 heterocycles. The standard InChI is InChI=1S/C21H19BrN2O2S2/c1-13-6-7-17(14(2)10-13)23-19(25)8-9-24-20(26)18(28-21(24)27)12-15-4-3-5-16(22)11-15/h3-7,10-12H,8-9H2,1-2H3,(H,23,25). The molecule has 0 atom stereocenters. The first-order chi connectivity index (χ1) is 13.3. The van der Waals surface area contributed by atoms with Gasteiger partial charge in [0, 0.05) is 23.1 Å². The van der Waals surface area contributed by atoms with E-state index < -0.39 is 0 Å². The number of hydrogen-bond donors (Lipinski definition) is 1. The molecule has 0 spiro atoms. The summed E-state index contributed by atoms with van der Waals surface area (Å²) in [7, 11) is 0. The van der Waals surface area contributed by atoms with Crippen LogP contribution in [0.3, 0.4) is 0 Å². The van der Waals surface area contributed by atoms with E-state index in [2.05, 4.69) is 21.2 Å². The first kappa shape index (κ1) is 20.8. The Morgan fingerprint density at radius 2 is 2.04 bits per heavy atom. The van der Waals surface area contributed by atoms with Crippen LogP contribution < -0.4 is 5.32 Å². The van der Waals surface area contributed by atoms with Gasteiger partial charge in [-0.3, -0.25) is 14.5 Å². The Labute approximate surface area is 182 Å². The molecule has 0 bridgehead atoms. The van der Waals surface area contributed by atoms with Crippen molar-refractivity contribution in [1.29, 1.82) is 0 Å². The Morgan fingerprint density at radius 3 is 2.75 bits per heavy atom. The van der Waals surface area contributed by atoms with E-state index in [4.69, 9.17) is 12.2 Å². The molecule has 0 unspecified atom stereocenters. The van der Waals surface area contributed by atoms with Crippen molar-refractivity contribution in [2.45, 2.75) is 20.3 Å². The molecule has 4 nitrogen and oxygen atoms in total. The van der Waals surface area contributed by atoms with E-state index in [1.807, 2.05) is 62.4 Å². The second-order valence-corrected chi connectivity index (χ2v) is 9.10. The van der Waals surface area contributed by atoms with Crippen LogP contribution in [0.1, 0.15) is 23.1 Å². The molecule has 1 aliphatic heterocycles. The van der Waals surface area contributed by atoms with Crippen LogP contribution in [0.5, 0.6) is 0 Å². The second kappa shape index (κ2) is 9.03. The lowest BCUT2D eigenvalue weighted by Crippen LogP contribution is -2.31. The number of hydrogen-bond acceptors (Lipinski definition) is 4. The lowest BCUT2D eigenvalue weighted by molar-refractivity contribution is -0.122. The van der Waals surface area contributed by atoms with Crippen LogP contribution in [-0.2, 0) is 9.59 Å². The van der Waals surface area contributed by atoms with Gasteiger partial charge in [0.2, 0.25) is 5.91 Å². The first-order valence-electron chi connectivity index (χ1n) is 8.71. The molecule has 1 N–H and O–H groups in total.